The van der Waals surface area contributed by atoms with Gasteiger partial charge in [-0.2, -0.15) is 0 Å². The van der Waals surface area contributed by atoms with Crippen LogP contribution < -0.4 is 0 Å². The number of hydrogen-bond donors (Lipinski definition) is 0. The summed E-state index contributed by atoms with van der Waals surface area (Å²) in [7, 11) is 0. The maximum atomic E-state index is 6.41. The summed E-state index contributed by atoms with van der Waals surface area (Å²) in [5, 5.41) is -0.119. The van der Waals surface area contributed by atoms with E-state index in [0.717, 1.165) is 12.0 Å². The zero-order valence-electron chi connectivity index (χ0n) is 10.2. The Hall–Kier alpha value is -0.570. The van der Waals surface area contributed by atoms with E-state index in [1.165, 1.54) is 12.0 Å². The summed E-state index contributed by atoms with van der Waals surface area (Å²) >= 11 is 6.41. The van der Waals surface area contributed by atoms with Crippen LogP contribution in [-0.2, 0) is 15.9 Å². The van der Waals surface area contributed by atoms with Crippen LogP contribution in [0.1, 0.15) is 29.8 Å². The molecule has 2 unspecified atom stereocenters. The van der Waals surface area contributed by atoms with E-state index in [1.54, 1.807) is 0 Å². The largest absolute Gasteiger partial charge is 0.376 e. The smallest absolute Gasteiger partial charge is 0.101 e. The number of alkyl halides is 1. The Bertz CT molecular complexity index is 331. The van der Waals surface area contributed by atoms with Crippen LogP contribution in [0.25, 0.3) is 0 Å². The van der Waals surface area contributed by atoms with E-state index in [9.17, 15) is 0 Å². The fourth-order valence-corrected chi connectivity index (χ4v) is 2.34. The molecule has 17 heavy (non-hydrogen) atoms. The monoisotopic (exact) mass is 254 g/mol. The van der Waals surface area contributed by atoms with Crippen molar-refractivity contribution in [3.05, 3.63) is 35.4 Å². The molecule has 1 aromatic rings. The molecule has 0 bridgehead atoms. The standard InChI is InChI=1S/C14H19ClO2/c1-2-3-11-4-6-12(7-5-11)14(15)13-10-16-8-9-17-13/h4-7,13-14H,2-3,8-10H2,1H3. The molecule has 0 aromatic heterocycles. The molecule has 0 N–H and O–H groups in total. The van der Waals surface area contributed by atoms with Gasteiger partial charge in [0.1, 0.15) is 6.10 Å². The molecule has 0 radical (unpaired) electrons. The maximum absolute atomic E-state index is 6.41. The van der Waals surface area contributed by atoms with Crippen LogP contribution in [0, 0.1) is 0 Å². The Morgan fingerprint density at radius 2 is 2.06 bits per heavy atom. The average molecular weight is 255 g/mol. The first-order valence-electron chi connectivity index (χ1n) is 6.23. The molecule has 1 aliphatic heterocycles. The second-order valence-electron chi connectivity index (χ2n) is 4.38. The number of hydrogen-bond acceptors (Lipinski definition) is 2. The van der Waals surface area contributed by atoms with Crippen molar-refractivity contribution in [1.29, 1.82) is 0 Å². The molecule has 3 heteroatoms. The van der Waals surface area contributed by atoms with Crippen LogP contribution in [0.5, 0.6) is 0 Å². The fraction of sp³-hybridized carbons (Fsp3) is 0.571. The molecule has 0 saturated carbocycles. The summed E-state index contributed by atoms with van der Waals surface area (Å²) in [6.45, 7) is 4.09. The van der Waals surface area contributed by atoms with Gasteiger partial charge in [0.25, 0.3) is 0 Å². The first kappa shape index (κ1) is 12.9. The van der Waals surface area contributed by atoms with Crippen molar-refractivity contribution in [2.75, 3.05) is 19.8 Å². The minimum absolute atomic E-state index is 0.0255. The van der Waals surface area contributed by atoms with Gasteiger partial charge in [-0.05, 0) is 17.5 Å². The number of halogens is 1. The topological polar surface area (TPSA) is 18.5 Å². The second kappa shape index (κ2) is 6.39. The van der Waals surface area contributed by atoms with Crippen LogP contribution in [0.3, 0.4) is 0 Å². The van der Waals surface area contributed by atoms with Gasteiger partial charge in [0.15, 0.2) is 0 Å². The van der Waals surface area contributed by atoms with E-state index >= 15 is 0 Å². The van der Waals surface area contributed by atoms with Gasteiger partial charge in [-0.25, -0.2) is 0 Å². The molecule has 0 amide bonds. The Kier molecular flexibility index (Phi) is 4.84. The Morgan fingerprint density at radius 3 is 2.65 bits per heavy atom. The molecule has 0 spiro atoms. The van der Waals surface area contributed by atoms with Crippen LogP contribution >= 0.6 is 11.6 Å². The van der Waals surface area contributed by atoms with E-state index < -0.39 is 0 Å². The van der Waals surface area contributed by atoms with Crippen molar-refractivity contribution < 1.29 is 9.47 Å². The molecule has 2 nitrogen and oxygen atoms in total. The SMILES string of the molecule is CCCc1ccc(C(Cl)C2COCCO2)cc1. The molecule has 1 aromatic carbocycles. The lowest BCUT2D eigenvalue weighted by Crippen LogP contribution is -2.31. The lowest BCUT2D eigenvalue weighted by molar-refractivity contribution is -0.0892. The predicted octanol–water partition coefficient (Wildman–Crippen LogP) is 3.33. The van der Waals surface area contributed by atoms with E-state index in [0.29, 0.717) is 19.8 Å². The summed E-state index contributed by atoms with van der Waals surface area (Å²) in [5.41, 5.74) is 2.47. The Morgan fingerprint density at radius 1 is 1.29 bits per heavy atom. The van der Waals surface area contributed by atoms with Gasteiger partial charge in [0.05, 0.1) is 25.2 Å². The van der Waals surface area contributed by atoms with Gasteiger partial charge in [0, 0.05) is 0 Å². The minimum atomic E-state index is -0.119. The first-order valence-corrected chi connectivity index (χ1v) is 6.67. The number of benzene rings is 1. The molecule has 2 atom stereocenters. The Balaban J connectivity index is 2.00. The predicted molar refractivity (Wildman–Crippen MR) is 69.6 cm³/mol. The molecule has 2 rings (SSSR count). The third-order valence-electron chi connectivity index (χ3n) is 3.00. The van der Waals surface area contributed by atoms with Crippen molar-refractivity contribution >= 4 is 11.6 Å². The van der Waals surface area contributed by atoms with E-state index in [1.807, 2.05) is 0 Å². The molecule has 0 aliphatic carbocycles. The highest BCUT2D eigenvalue weighted by Crippen LogP contribution is 2.28. The van der Waals surface area contributed by atoms with Crippen molar-refractivity contribution in [2.24, 2.45) is 0 Å². The highest BCUT2D eigenvalue weighted by Gasteiger charge is 2.24. The summed E-state index contributed by atoms with van der Waals surface area (Å²) < 4.78 is 11.0. The number of aryl methyl sites for hydroxylation is 1. The molecular formula is C14H19ClO2. The molecular weight excluding hydrogens is 236 g/mol. The van der Waals surface area contributed by atoms with Crippen molar-refractivity contribution in [3.63, 3.8) is 0 Å². The third-order valence-corrected chi connectivity index (χ3v) is 3.54. The van der Waals surface area contributed by atoms with Crippen molar-refractivity contribution in [1.82, 2.24) is 0 Å². The van der Waals surface area contributed by atoms with Gasteiger partial charge in [0.2, 0.25) is 0 Å². The number of ether oxygens (including phenoxy) is 2. The van der Waals surface area contributed by atoms with Gasteiger partial charge in [-0.3, -0.25) is 0 Å². The fourth-order valence-electron chi connectivity index (χ4n) is 2.05. The van der Waals surface area contributed by atoms with Gasteiger partial charge in [-0.1, -0.05) is 37.6 Å². The average Bonchev–Trinajstić information content (AvgIpc) is 2.40. The van der Waals surface area contributed by atoms with E-state index in [4.69, 9.17) is 21.1 Å². The Labute approximate surface area is 108 Å². The summed E-state index contributed by atoms with van der Waals surface area (Å²) in [5.74, 6) is 0. The maximum Gasteiger partial charge on any atom is 0.101 e. The summed E-state index contributed by atoms with van der Waals surface area (Å²) in [6, 6.07) is 8.50. The summed E-state index contributed by atoms with van der Waals surface area (Å²) in [4.78, 5) is 0. The van der Waals surface area contributed by atoms with E-state index in [-0.39, 0.29) is 11.5 Å². The van der Waals surface area contributed by atoms with Crippen LogP contribution in [0.2, 0.25) is 0 Å². The first-order chi connectivity index (χ1) is 8.31. The van der Waals surface area contributed by atoms with Crippen LogP contribution in [-0.4, -0.2) is 25.9 Å². The third kappa shape index (κ3) is 3.44. The lowest BCUT2D eigenvalue weighted by atomic mass is 10.0. The van der Waals surface area contributed by atoms with E-state index in [2.05, 4.69) is 31.2 Å². The molecule has 1 heterocycles. The second-order valence-corrected chi connectivity index (χ2v) is 4.85. The van der Waals surface area contributed by atoms with Crippen molar-refractivity contribution in [3.8, 4) is 0 Å². The van der Waals surface area contributed by atoms with Gasteiger partial charge in [-0.15, -0.1) is 11.6 Å². The molecule has 94 valence electrons. The lowest BCUT2D eigenvalue weighted by Gasteiger charge is -2.27. The summed E-state index contributed by atoms with van der Waals surface area (Å²) in [6.07, 6.45) is 2.27. The van der Waals surface area contributed by atoms with Gasteiger partial charge >= 0.3 is 0 Å². The molecule has 1 aliphatic rings. The van der Waals surface area contributed by atoms with Gasteiger partial charge < -0.3 is 9.47 Å². The minimum Gasteiger partial charge on any atom is -0.376 e. The zero-order chi connectivity index (χ0) is 12.1. The van der Waals surface area contributed by atoms with Crippen molar-refractivity contribution in [2.45, 2.75) is 31.2 Å². The van der Waals surface area contributed by atoms with Crippen LogP contribution in [0.4, 0.5) is 0 Å². The van der Waals surface area contributed by atoms with Crippen LogP contribution in [0.15, 0.2) is 24.3 Å². The highest BCUT2D eigenvalue weighted by atomic mass is 35.5. The highest BCUT2D eigenvalue weighted by molar-refractivity contribution is 6.21. The normalized spacial score (nSPS) is 22.4. The molecule has 1 saturated heterocycles. The zero-order valence-corrected chi connectivity index (χ0v) is 11.0. The number of rotatable bonds is 4. The molecule has 1 fully saturated rings. The quantitative estimate of drug-likeness (QED) is 0.768.